The van der Waals surface area contributed by atoms with Crippen molar-refractivity contribution < 1.29 is 0 Å². The molecule has 0 fully saturated rings. The van der Waals surface area contributed by atoms with E-state index in [1.54, 1.807) is 0 Å². The van der Waals surface area contributed by atoms with Gasteiger partial charge in [-0.05, 0) is 23.5 Å². The zero-order valence-corrected chi connectivity index (χ0v) is 13.1. The van der Waals surface area contributed by atoms with Crippen LogP contribution in [-0.2, 0) is 12.8 Å². The topological polar surface area (TPSA) is 56.7 Å². The predicted octanol–water partition coefficient (Wildman–Crippen LogP) is 3.15. The molecule has 112 valence electrons. The Morgan fingerprint density at radius 2 is 1.90 bits per heavy atom. The average molecular weight is 284 g/mol. The molecule has 1 heterocycles. The first-order valence-corrected chi connectivity index (χ1v) is 7.94. The van der Waals surface area contributed by atoms with Gasteiger partial charge in [0.1, 0.15) is 5.82 Å². The molecule has 0 bridgehead atoms. The van der Waals surface area contributed by atoms with Crippen molar-refractivity contribution in [3.8, 4) is 0 Å². The van der Waals surface area contributed by atoms with E-state index in [1.807, 2.05) is 0 Å². The Bertz CT molecular complexity index is 631. The maximum atomic E-state index is 6.57. The van der Waals surface area contributed by atoms with E-state index in [0.717, 1.165) is 30.9 Å². The zero-order chi connectivity index (χ0) is 15.0. The van der Waals surface area contributed by atoms with Gasteiger partial charge in [-0.15, -0.1) is 0 Å². The summed E-state index contributed by atoms with van der Waals surface area (Å²) in [7, 11) is 0. The number of benzene rings is 1. The van der Waals surface area contributed by atoms with Crippen LogP contribution >= 0.6 is 0 Å². The Kier molecular flexibility index (Phi) is 3.81. The number of aryl methyl sites for hydroxylation is 2. The number of hydrogen-bond donors (Lipinski definition) is 1. The lowest BCUT2D eigenvalue weighted by Crippen LogP contribution is -2.32. The molecule has 1 aliphatic rings. The monoisotopic (exact) mass is 284 g/mol. The molecule has 0 radical (unpaired) electrons. The molecule has 1 aliphatic carbocycles. The molecule has 3 rings (SSSR count). The van der Waals surface area contributed by atoms with E-state index in [1.165, 1.54) is 11.1 Å². The molecule has 3 atom stereocenters. The summed E-state index contributed by atoms with van der Waals surface area (Å²) in [5, 5.41) is 4.71. The van der Waals surface area contributed by atoms with Gasteiger partial charge in [-0.25, -0.2) is 9.67 Å². The molecule has 0 saturated heterocycles. The van der Waals surface area contributed by atoms with Gasteiger partial charge in [0.05, 0.1) is 12.1 Å². The van der Waals surface area contributed by atoms with E-state index in [2.05, 4.69) is 54.7 Å². The Morgan fingerprint density at radius 3 is 2.57 bits per heavy atom. The van der Waals surface area contributed by atoms with Crippen LogP contribution in [0.3, 0.4) is 0 Å². The van der Waals surface area contributed by atoms with Gasteiger partial charge >= 0.3 is 0 Å². The van der Waals surface area contributed by atoms with Gasteiger partial charge in [0, 0.05) is 12.8 Å². The van der Waals surface area contributed by atoms with Gasteiger partial charge in [0.25, 0.3) is 0 Å². The second-order valence-corrected chi connectivity index (χ2v) is 5.95. The highest BCUT2D eigenvalue weighted by Gasteiger charge is 2.33. The third kappa shape index (κ3) is 2.38. The second kappa shape index (κ2) is 5.60. The normalized spacial score (nSPS) is 24.9. The molecule has 0 aliphatic heterocycles. The molecule has 21 heavy (non-hydrogen) atoms. The Morgan fingerprint density at radius 1 is 1.19 bits per heavy atom. The number of aromatic nitrogens is 3. The summed E-state index contributed by atoms with van der Waals surface area (Å²) in [6.07, 6.45) is 2.79. The molecule has 1 aromatic heterocycles. The van der Waals surface area contributed by atoms with Gasteiger partial charge in [-0.1, -0.05) is 45.0 Å². The largest absolute Gasteiger partial charge is 0.322 e. The van der Waals surface area contributed by atoms with Crippen LogP contribution in [0.2, 0.25) is 0 Å². The van der Waals surface area contributed by atoms with Gasteiger partial charge in [0.2, 0.25) is 0 Å². The maximum Gasteiger partial charge on any atom is 0.150 e. The fourth-order valence-electron chi connectivity index (χ4n) is 3.42. The van der Waals surface area contributed by atoms with Gasteiger partial charge in [-0.2, -0.15) is 5.10 Å². The number of fused-ring (bicyclic) bond motifs is 1. The lowest BCUT2D eigenvalue weighted by molar-refractivity contribution is 0.310. The molecule has 0 amide bonds. The van der Waals surface area contributed by atoms with Crippen LogP contribution in [0.4, 0.5) is 0 Å². The highest BCUT2D eigenvalue weighted by molar-refractivity contribution is 5.36. The quantitative estimate of drug-likeness (QED) is 0.942. The zero-order valence-electron chi connectivity index (χ0n) is 13.1. The summed E-state index contributed by atoms with van der Waals surface area (Å²) in [6.45, 7) is 6.50. The molecular weight excluding hydrogens is 260 g/mol. The average Bonchev–Trinajstić information content (AvgIpc) is 2.94. The van der Waals surface area contributed by atoms with Crippen molar-refractivity contribution in [3.63, 3.8) is 0 Å². The minimum atomic E-state index is -0.00546. The van der Waals surface area contributed by atoms with Crippen molar-refractivity contribution in [2.45, 2.75) is 58.0 Å². The highest BCUT2D eigenvalue weighted by Crippen LogP contribution is 2.42. The minimum Gasteiger partial charge on any atom is -0.322 e. The van der Waals surface area contributed by atoms with Crippen LogP contribution in [0, 0.1) is 0 Å². The summed E-state index contributed by atoms with van der Waals surface area (Å²) in [5.74, 6) is 2.48. The summed E-state index contributed by atoms with van der Waals surface area (Å²) in [6, 6.07) is 8.74. The molecule has 3 unspecified atom stereocenters. The minimum absolute atomic E-state index is 0.00546. The Hall–Kier alpha value is -1.68. The van der Waals surface area contributed by atoms with E-state index in [-0.39, 0.29) is 12.1 Å². The van der Waals surface area contributed by atoms with E-state index >= 15 is 0 Å². The summed E-state index contributed by atoms with van der Waals surface area (Å²) >= 11 is 0. The smallest absolute Gasteiger partial charge is 0.150 e. The lowest BCUT2D eigenvalue weighted by atomic mass is 9.78. The van der Waals surface area contributed by atoms with E-state index in [9.17, 15) is 0 Å². The predicted molar refractivity (Wildman–Crippen MR) is 84.2 cm³/mol. The standard InChI is InChI=1S/C17H24N4/c1-4-15-19-16(5-2)21(20-15)14-10-11(3)12-8-6-7-9-13(12)17(14)18/h6-9,11,14,17H,4-5,10,18H2,1-3H3. The van der Waals surface area contributed by atoms with Crippen molar-refractivity contribution in [3.05, 3.63) is 47.0 Å². The number of hydrogen-bond acceptors (Lipinski definition) is 3. The van der Waals surface area contributed by atoms with Gasteiger partial charge in [0.15, 0.2) is 5.82 Å². The first kappa shape index (κ1) is 14.3. The van der Waals surface area contributed by atoms with Crippen molar-refractivity contribution in [2.24, 2.45) is 5.73 Å². The van der Waals surface area contributed by atoms with Crippen LogP contribution in [-0.4, -0.2) is 14.8 Å². The van der Waals surface area contributed by atoms with Crippen molar-refractivity contribution in [1.82, 2.24) is 14.8 Å². The third-order valence-corrected chi connectivity index (χ3v) is 4.59. The molecule has 1 aromatic carbocycles. The second-order valence-electron chi connectivity index (χ2n) is 5.95. The van der Waals surface area contributed by atoms with Crippen molar-refractivity contribution in [2.75, 3.05) is 0 Å². The molecule has 4 nitrogen and oxygen atoms in total. The van der Waals surface area contributed by atoms with Crippen molar-refractivity contribution in [1.29, 1.82) is 0 Å². The van der Waals surface area contributed by atoms with Crippen LogP contribution in [0.25, 0.3) is 0 Å². The van der Waals surface area contributed by atoms with E-state index in [0.29, 0.717) is 5.92 Å². The lowest BCUT2D eigenvalue weighted by Gasteiger charge is -2.35. The number of nitrogens with two attached hydrogens (primary N) is 1. The van der Waals surface area contributed by atoms with Gasteiger partial charge in [-0.3, -0.25) is 0 Å². The van der Waals surface area contributed by atoms with Crippen LogP contribution in [0.1, 0.15) is 68.0 Å². The SMILES string of the molecule is CCc1nc(CC)n(C2CC(C)c3ccccc3C2N)n1. The molecule has 2 N–H and O–H groups in total. The van der Waals surface area contributed by atoms with E-state index in [4.69, 9.17) is 10.8 Å². The number of nitrogens with zero attached hydrogens (tertiary/aromatic N) is 3. The Labute approximate surface area is 126 Å². The van der Waals surface area contributed by atoms with Crippen molar-refractivity contribution >= 4 is 0 Å². The van der Waals surface area contributed by atoms with Crippen LogP contribution in [0.15, 0.2) is 24.3 Å². The van der Waals surface area contributed by atoms with Crippen LogP contribution < -0.4 is 5.73 Å². The maximum absolute atomic E-state index is 6.57. The fourth-order valence-corrected chi connectivity index (χ4v) is 3.42. The number of rotatable bonds is 3. The third-order valence-electron chi connectivity index (χ3n) is 4.59. The molecule has 0 saturated carbocycles. The molecule has 4 heteroatoms. The van der Waals surface area contributed by atoms with Crippen LogP contribution in [0.5, 0.6) is 0 Å². The molecular formula is C17H24N4. The van der Waals surface area contributed by atoms with Gasteiger partial charge < -0.3 is 5.73 Å². The van der Waals surface area contributed by atoms with E-state index < -0.39 is 0 Å². The fraction of sp³-hybridized carbons (Fsp3) is 0.529. The molecule has 0 spiro atoms. The molecule has 2 aromatic rings. The first-order valence-electron chi connectivity index (χ1n) is 7.94. The first-order chi connectivity index (χ1) is 10.2. The summed E-state index contributed by atoms with van der Waals surface area (Å²) in [4.78, 5) is 4.63. The summed E-state index contributed by atoms with van der Waals surface area (Å²) < 4.78 is 2.09. The highest BCUT2D eigenvalue weighted by atomic mass is 15.4. The Balaban J connectivity index is 2.03. The summed E-state index contributed by atoms with van der Waals surface area (Å²) in [5.41, 5.74) is 9.22.